The molecule has 1 atom stereocenters. The minimum Gasteiger partial charge on any atom is -0.294 e. The zero-order valence-corrected chi connectivity index (χ0v) is 16.5. The summed E-state index contributed by atoms with van der Waals surface area (Å²) >= 11 is 12.3. The van der Waals surface area contributed by atoms with Gasteiger partial charge in [0.15, 0.2) is 5.78 Å². The highest BCUT2D eigenvalue weighted by Crippen LogP contribution is 2.44. The number of hydrogen-bond acceptors (Lipinski definition) is 2. The van der Waals surface area contributed by atoms with Crippen molar-refractivity contribution >= 4 is 40.6 Å². The van der Waals surface area contributed by atoms with E-state index in [1.807, 2.05) is 49.4 Å². The number of halogens is 2. The number of benzene rings is 2. The fourth-order valence-electron chi connectivity index (χ4n) is 4.09. The molecule has 0 radical (unpaired) electrons. The van der Waals surface area contributed by atoms with E-state index < -0.39 is 0 Å². The molecule has 27 heavy (non-hydrogen) atoms. The summed E-state index contributed by atoms with van der Waals surface area (Å²) in [6, 6.07) is 13.0. The van der Waals surface area contributed by atoms with Crippen molar-refractivity contribution in [3.05, 3.63) is 74.9 Å². The molecule has 1 aliphatic carbocycles. The summed E-state index contributed by atoms with van der Waals surface area (Å²) in [4.78, 5) is 27.8. The van der Waals surface area contributed by atoms with Gasteiger partial charge in [0.05, 0.1) is 5.69 Å². The van der Waals surface area contributed by atoms with Gasteiger partial charge in [-0.05, 0) is 55.2 Å². The third-order valence-electron chi connectivity index (χ3n) is 5.43. The Hall–Kier alpha value is -2.10. The lowest BCUT2D eigenvalue weighted by atomic mass is 9.77. The van der Waals surface area contributed by atoms with Crippen molar-refractivity contribution in [3.8, 4) is 0 Å². The summed E-state index contributed by atoms with van der Waals surface area (Å²) < 4.78 is 0. The molecule has 1 amide bonds. The van der Waals surface area contributed by atoms with Gasteiger partial charge in [-0.1, -0.05) is 41.4 Å². The Bertz CT molecular complexity index is 963. The van der Waals surface area contributed by atoms with E-state index in [4.69, 9.17) is 23.2 Å². The van der Waals surface area contributed by atoms with Crippen molar-refractivity contribution < 1.29 is 9.59 Å². The molecule has 2 aromatic rings. The lowest BCUT2D eigenvalue weighted by molar-refractivity contribution is -0.119. The van der Waals surface area contributed by atoms with Crippen molar-refractivity contribution in [1.82, 2.24) is 0 Å². The number of amides is 1. The molecule has 1 heterocycles. The third kappa shape index (κ3) is 3.19. The smallest absolute Gasteiger partial charge is 0.232 e. The summed E-state index contributed by atoms with van der Waals surface area (Å²) in [6.45, 7) is 1.90. The van der Waals surface area contributed by atoms with Crippen molar-refractivity contribution in [2.24, 2.45) is 0 Å². The van der Waals surface area contributed by atoms with Crippen LogP contribution in [0.2, 0.25) is 10.0 Å². The number of Topliss-reactive ketones (excluding diaryl/α,β-unsaturated/α-hetero) is 1. The minimum atomic E-state index is -0.215. The number of carbonyl (C=O) groups is 2. The second kappa shape index (κ2) is 7.14. The molecule has 0 N–H and O–H groups in total. The Balaban J connectivity index is 1.88. The normalized spacial score (nSPS) is 20.1. The Morgan fingerprint density at radius 1 is 1.00 bits per heavy atom. The van der Waals surface area contributed by atoms with Crippen molar-refractivity contribution in [2.45, 2.75) is 38.5 Å². The predicted molar refractivity (Wildman–Crippen MR) is 108 cm³/mol. The largest absolute Gasteiger partial charge is 0.294 e. The van der Waals surface area contributed by atoms with Crippen LogP contribution in [0.3, 0.4) is 0 Å². The molecule has 0 spiro atoms. The average molecular weight is 400 g/mol. The summed E-state index contributed by atoms with van der Waals surface area (Å²) in [5, 5.41) is 1.26. The minimum absolute atomic E-state index is 0.00577. The lowest BCUT2D eigenvalue weighted by Gasteiger charge is -2.39. The standard InChI is InChI=1S/C22H19Cl2NO2/c1-13-17(24)4-2-5-18(13)25-19-6-3-7-20(26)22(19)16(12-21(25)27)14-8-10-15(23)11-9-14/h2,4-5,8-11,16H,3,6-7,12H2,1H3. The van der Waals surface area contributed by atoms with Gasteiger partial charge in [-0.3, -0.25) is 14.5 Å². The maximum Gasteiger partial charge on any atom is 0.232 e. The molecule has 138 valence electrons. The third-order valence-corrected chi connectivity index (χ3v) is 6.09. The first-order chi connectivity index (χ1) is 13.0. The van der Waals surface area contributed by atoms with E-state index in [0.717, 1.165) is 34.5 Å². The second-order valence-corrected chi connectivity index (χ2v) is 7.90. The van der Waals surface area contributed by atoms with E-state index in [1.165, 1.54) is 0 Å². The monoisotopic (exact) mass is 399 g/mol. The van der Waals surface area contributed by atoms with Gasteiger partial charge in [0, 0.05) is 40.1 Å². The first kappa shape index (κ1) is 18.3. The Kier molecular flexibility index (Phi) is 4.83. The van der Waals surface area contributed by atoms with Crippen LogP contribution in [0.4, 0.5) is 5.69 Å². The van der Waals surface area contributed by atoms with E-state index in [-0.39, 0.29) is 24.0 Å². The second-order valence-electron chi connectivity index (χ2n) is 7.06. The number of allylic oxidation sites excluding steroid dienone is 2. The van der Waals surface area contributed by atoms with Crippen LogP contribution < -0.4 is 4.90 Å². The van der Waals surface area contributed by atoms with Gasteiger partial charge in [0.1, 0.15) is 0 Å². The van der Waals surface area contributed by atoms with Gasteiger partial charge in [0.2, 0.25) is 5.91 Å². The van der Waals surface area contributed by atoms with Crippen LogP contribution in [0, 0.1) is 6.92 Å². The zero-order chi connectivity index (χ0) is 19.1. The number of hydrogen-bond donors (Lipinski definition) is 0. The first-order valence-corrected chi connectivity index (χ1v) is 9.82. The van der Waals surface area contributed by atoms with Gasteiger partial charge in [0.25, 0.3) is 0 Å². The zero-order valence-electron chi connectivity index (χ0n) is 15.0. The fourth-order valence-corrected chi connectivity index (χ4v) is 4.39. The number of ketones is 1. The van der Waals surface area contributed by atoms with E-state index in [1.54, 1.807) is 4.90 Å². The molecule has 0 aromatic heterocycles. The Morgan fingerprint density at radius 3 is 2.48 bits per heavy atom. The maximum absolute atomic E-state index is 13.2. The van der Waals surface area contributed by atoms with E-state index in [2.05, 4.69) is 0 Å². The Morgan fingerprint density at radius 2 is 1.74 bits per heavy atom. The average Bonchev–Trinajstić information content (AvgIpc) is 2.65. The summed E-state index contributed by atoms with van der Waals surface area (Å²) in [5.74, 6) is -0.0875. The molecule has 1 unspecified atom stereocenters. The van der Waals surface area contributed by atoms with Crippen LogP contribution in [-0.2, 0) is 9.59 Å². The van der Waals surface area contributed by atoms with Gasteiger partial charge in [-0.15, -0.1) is 0 Å². The molecule has 1 aliphatic heterocycles. The Labute approximate surface area is 168 Å². The van der Waals surface area contributed by atoms with Gasteiger partial charge < -0.3 is 0 Å². The lowest BCUT2D eigenvalue weighted by Crippen LogP contribution is -2.40. The van der Waals surface area contributed by atoms with Crippen LogP contribution in [0.15, 0.2) is 53.7 Å². The molecule has 2 aliphatic rings. The highest BCUT2D eigenvalue weighted by Gasteiger charge is 2.40. The number of rotatable bonds is 2. The fraction of sp³-hybridized carbons (Fsp3) is 0.273. The maximum atomic E-state index is 13.2. The quantitative estimate of drug-likeness (QED) is 0.636. The van der Waals surface area contributed by atoms with Crippen LogP contribution >= 0.6 is 23.2 Å². The van der Waals surface area contributed by atoms with Gasteiger partial charge in [-0.25, -0.2) is 0 Å². The van der Waals surface area contributed by atoms with Crippen LogP contribution in [0.25, 0.3) is 0 Å². The predicted octanol–water partition coefficient (Wildman–Crippen LogP) is 5.83. The van der Waals surface area contributed by atoms with Gasteiger partial charge >= 0.3 is 0 Å². The highest BCUT2D eigenvalue weighted by molar-refractivity contribution is 6.32. The molecular weight excluding hydrogens is 381 g/mol. The van der Waals surface area contributed by atoms with E-state index in [9.17, 15) is 9.59 Å². The number of carbonyl (C=O) groups excluding carboxylic acids is 2. The molecular formula is C22H19Cl2NO2. The molecule has 3 nitrogen and oxygen atoms in total. The molecule has 0 saturated carbocycles. The molecule has 0 saturated heterocycles. The van der Waals surface area contributed by atoms with Crippen molar-refractivity contribution in [3.63, 3.8) is 0 Å². The van der Waals surface area contributed by atoms with E-state index >= 15 is 0 Å². The number of anilines is 1. The topological polar surface area (TPSA) is 37.4 Å². The molecule has 2 aromatic carbocycles. The summed E-state index contributed by atoms with van der Waals surface area (Å²) in [6.07, 6.45) is 2.26. The molecule has 5 heteroatoms. The summed E-state index contributed by atoms with van der Waals surface area (Å²) in [7, 11) is 0. The van der Waals surface area contributed by atoms with E-state index in [0.29, 0.717) is 22.9 Å². The van der Waals surface area contributed by atoms with Crippen molar-refractivity contribution in [2.75, 3.05) is 4.90 Å². The molecule has 0 bridgehead atoms. The van der Waals surface area contributed by atoms with Crippen LogP contribution in [-0.4, -0.2) is 11.7 Å². The molecule has 4 rings (SSSR count). The van der Waals surface area contributed by atoms with Crippen LogP contribution in [0.1, 0.15) is 42.7 Å². The highest BCUT2D eigenvalue weighted by atomic mass is 35.5. The van der Waals surface area contributed by atoms with Gasteiger partial charge in [-0.2, -0.15) is 0 Å². The number of nitrogens with zero attached hydrogens (tertiary/aromatic N) is 1. The molecule has 0 fully saturated rings. The SMILES string of the molecule is Cc1c(Cl)cccc1N1C(=O)CC(c2ccc(Cl)cc2)C2=C1CCCC2=O. The first-order valence-electron chi connectivity index (χ1n) is 9.07. The summed E-state index contributed by atoms with van der Waals surface area (Å²) in [5.41, 5.74) is 4.17. The van der Waals surface area contributed by atoms with Crippen molar-refractivity contribution in [1.29, 1.82) is 0 Å². The van der Waals surface area contributed by atoms with Crippen LogP contribution in [0.5, 0.6) is 0 Å².